The number of Topliss-reactive ketones (excluding diaryl/α,β-unsaturated/α-hetero) is 1. The molecule has 1 fully saturated rings. The molecule has 92 valence electrons. The first-order valence-electron chi connectivity index (χ1n) is 6.49. The smallest absolute Gasteiger partial charge is 0.133 e. The summed E-state index contributed by atoms with van der Waals surface area (Å²) in [6, 6.07) is 8.58. The lowest BCUT2D eigenvalue weighted by Crippen LogP contribution is -2.21. The van der Waals surface area contributed by atoms with Crippen LogP contribution in [-0.2, 0) is 22.6 Å². The maximum Gasteiger partial charge on any atom is 0.133 e. The van der Waals surface area contributed by atoms with Crippen LogP contribution in [0.15, 0.2) is 24.3 Å². The second-order valence-electron chi connectivity index (χ2n) is 4.72. The van der Waals surface area contributed by atoms with Gasteiger partial charge in [-0.05, 0) is 30.4 Å². The fourth-order valence-corrected chi connectivity index (χ4v) is 2.17. The second kappa shape index (κ2) is 5.97. The van der Waals surface area contributed by atoms with Gasteiger partial charge in [0.1, 0.15) is 5.78 Å². The van der Waals surface area contributed by atoms with Gasteiger partial charge in [-0.15, -0.1) is 0 Å². The van der Waals surface area contributed by atoms with Crippen LogP contribution < -0.4 is 0 Å². The summed E-state index contributed by atoms with van der Waals surface area (Å²) in [5.74, 6) is 0.386. The number of carbonyl (C=O) groups is 1. The van der Waals surface area contributed by atoms with Gasteiger partial charge >= 0.3 is 0 Å². The summed E-state index contributed by atoms with van der Waals surface area (Å²) in [4.78, 5) is 11.1. The van der Waals surface area contributed by atoms with Crippen LogP contribution in [0.3, 0.4) is 0 Å². The number of carbonyl (C=O) groups excluding carboxylic acids is 1. The van der Waals surface area contributed by atoms with E-state index in [1.807, 2.05) is 0 Å². The molecular formula is C15H20O2. The van der Waals surface area contributed by atoms with Crippen molar-refractivity contribution in [3.63, 3.8) is 0 Å². The summed E-state index contributed by atoms with van der Waals surface area (Å²) in [5, 5.41) is 0. The van der Waals surface area contributed by atoms with Crippen molar-refractivity contribution >= 4 is 5.78 Å². The highest BCUT2D eigenvalue weighted by Crippen LogP contribution is 2.19. The van der Waals surface area contributed by atoms with Crippen molar-refractivity contribution in [3.8, 4) is 0 Å². The first kappa shape index (κ1) is 12.3. The van der Waals surface area contributed by atoms with Crippen molar-refractivity contribution in [2.45, 2.75) is 51.7 Å². The standard InChI is InChI=1S/C15H20O2/c1-2-12-3-5-13(6-4-12)11-17-15-9-7-14(16)8-10-15/h3-6,15H,2,7-11H2,1H3. The van der Waals surface area contributed by atoms with Crippen LogP contribution in [0.25, 0.3) is 0 Å². The largest absolute Gasteiger partial charge is 0.374 e. The van der Waals surface area contributed by atoms with Gasteiger partial charge in [0.05, 0.1) is 12.7 Å². The van der Waals surface area contributed by atoms with Gasteiger partial charge < -0.3 is 4.74 Å². The van der Waals surface area contributed by atoms with E-state index in [2.05, 4.69) is 31.2 Å². The molecule has 2 nitrogen and oxygen atoms in total. The van der Waals surface area contributed by atoms with Crippen LogP contribution in [0.5, 0.6) is 0 Å². The topological polar surface area (TPSA) is 26.3 Å². The van der Waals surface area contributed by atoms with E-state index >= 15 is 0 Å². The summed E-state index contributed by atoms with van der Waals surface area (Å²) in [6.07, 6.45) is 4.53. The molecule has 1 aromatic carbocycles. The van der Waals surface area contributed by atoms with E-state index in [1.165, 1.54) is 11.1 Å². The molecule has 17 heavy (non-hydrogen) atoms. The first-order valence-corrected chi connectivity index (χ1v) is 6.49. The Morgan fingerprint density at radius 2 is 1.71 bits per heavy atom. The molecule has 0 spiro atoms. The molecule has 2 heteroatoms. The molecule has 0 amide bonds. The zero-order valence-corrected chi connectivity index (χ0v) is 10.4. The van der Waals surface area contributed by atoms with Gasteiger partial charge in [-0.3, -0.25) is 4.79 Å². The minimum absolute atomic E-state index is 0.276. The van der Waals surface area contributed by atoms with Gasteiger partial charge in [0, 0.05) is 12.8 Å². The van der Waals surface area contributed by atoms with E-state index in [1.54, 1.807) is 0 Å². The third-order valence-electron chi connectivity index (χ3n) is 3.41. The van der Waals surface area contributed by atoms with Gasteiger partial charge in [0.2, 0.25) is 0 Å². The van der Waals surface area contributed by atoms with Crippen molar-refractivity contribution in [1.82, 2.24) is 0 Å². The molecule has 1 aromatic rings. The van der Waals surface area contributed by atoms with Gasteiger partial charge in [0.15, 0.2) is 0 Å². The fourth-order valence-electron chi connectivity index (χ4n) is 2.17. The lowest BCUT2D eigenvalue weighted by Gasteiger charge is -2.21. The third kappa shape index (κ3) is 3.67. The van der Waals surface area contributed by atoms with E-state index in [0.717, 1.165) is 19.3 Å². The van der Waals surface area contributed by atoms with Gasteiger partial charge in [0.25, 0.3) is 0 Å². The van der Waals surface area contributed by atoms with Crippen molar-refractivity contribution in [2.24, 2.45) is 0 Å². The molecule has 0 atom stereocenters. The monoisotopic (exact) mass is 232 g/mol. The summed E-state index contributed by atoms with van der Waals surface area (Å²) < 4.78 is 5.84. The predicted octanol–water partition coefficient (Wildman–Crippen LogP) is 3.28. The zero-order chi connectivity index (χ0) is 12.1. The Kier molecular flexibility index (Phi) is 4.32. The van der Waals surface area contributed by atoms with Gasteiger partial charge in [-0.1, -0.05) is 31.2 Å². The molecule has 0 unspecified atom stereocenters. The molecule has 2 rings (SSSR count). The fraction of sp³-hybridized carbons (Fsp3) is 0.533. The summed E-state index contributed by atoms with van der Waals surface area (Å²) in [5.41, 5.74) is 2.58. The van der Waals surface area contributed by atoms with Crippen LogP contribution >= 0.6 is 0 Å². The van der Waals surface area contributed by atoms with Crippen molar-refractivity contribution in [2.75, 3.05) is 0 Å². The molecule has 1 saturated carbocycles. The van der Waals surface area contributed by atoms with Crippen molar-refractivity contribution < 1.29 is 9.53 Å². The van der Waals surface area contributed by atoms with E-state index in [9.17, 15) is 4.79 Å². The summed E-state index contributed by atoms with van der Waals surface area (Å²) >= 11 is 0. The number of aryl methyl sites for hydroxylation is 1. The minimum atomic E-state index is 0.276. The number of hydrogen-bond donors (Lipinski definition) is 0. The molecule has 0 saturated heterocycles. The Hall–Kier alpha value is -1.15. The average molecular weight is 232 g/mol. The molecule has 0 N–H and O–H groups in total. The highest BCUT2D eigenvalue weighted by atomic mass is 16.5. The normalized spacial score (nSPS) is 17.4. The van der Waals surface area contributed by atoms with Crippen LogP contribution in [-0.4, -0.2) is 11.9 Å². The van der Waals surface area contributed by atoms with Gasteiger partial charge in [-0.2, -0.15) is 0 Å². The number of rotatable bonds is 4. The molecule has 1 aliphatic rings. The van der Waals surface area contributed by atoms with Crippen molar-refractivity contribution in [1.29, 1.82) is 0 Å². The number of benzene rings is 1. The highest BCUT2D eigenvalue weighted by molar-refractivity contribution is 5.79. The number of ketones is 1. The quantitative estimate of drug-likeness (QED) is 0.796. The lowest BCUT2D eigenvalue weighted by atomic mass is 9.96. The van der Waals surface area contributed by atoms with Crippen LogP contribution in [0.1, 0.15) is 43.7 Å². The number of hydrogen-bond acceptors (Lipinski definition) is 2. The molecule has 0 aliphatic heterocycles. The SMILES string of the molecule is CCc1ccc(COC2CCC(=O)CC2)cc1. The Balaban J connectivity index is 1.79. The van der Waals surface area contributed by atoms with Crippen LogP contribution in [0.4, 0.5) is 0 Å². The maximum atomic E-state index is 11.1. The van der Waals surface area contributed by atoms with Crippen molar-refractivity contribution in [3.05, 3.63) is 35.4 Å². The molecule has 0 bridgehead atoms. The molecule has 0 radical (unpaired) electrons. The molecule has 0 aromatic heterocycles. The Morgan fingerprint density at radius 3 is 2.29 bits per heavy atom. The van der Waals surface area contributed by atoms with Crippen LogP contribution in [0.2, 0.25) is 0 Å². The van der Waals surface area contributed by atoms with E-state index in [0.29, 0.717) is 25.2 Å². The molecule has 0 heterocycles. The predicted molar refractivity (Wildman–Crippen MR) is 67.9 cm³/mol. The summed E-state index contributed by atoms with van der Waals surface area (Å²) in [6.45, 7) is 2.83. The van der Waals surface area contributed by atoms with Gasteiger partial charge in [-0.25, -0.2) is 0 Å². The molecule has 1 aliphatic carbocycles. The number of ether oxygens (including phenoxy) is 1. The summed E-state index contributed by atoms with van der Waals surface area (Å²) in [7, 11) is 0. The lowest BCUT2D eigenvalue weighted by molar-refractivity contribution is -0.123. The Labute approximate surface area is 103 Å². The maximum absolute atomic E-state index is 11.1. The van der Waals surface area contributed by atoms with Crippen LogP contribution in [0, 0.1) is 0 Å². The average Bonchev–Trinajstić information content (AvgIpc) is 2.39. The highest BCUT2D eigenvalue weighted by Gasteiger charge is 2.18. The van der Waals surface area contributed by atoms with E-state index in [-0.39, 0.29) is 6.10 Å². The third-order valence-corrected chi connectivity index (χ3v) is 3.41. The Bertz CT molecular complexity index is 357. The first-order chi connectivity index (χ1) is 8.28. The van der Waals surface area contributed by atoms with E-state index < -0.39 is 0 Å². The molecular weight excluding hydrogens is 212 g/mol. The second-order valence-corrected chi connectivity index (χ2v) is 4.72. The van der Waals surface area contributed by atoms with E-state index in [4.69, 9.17) is 4.74 Å². The minimum Gasteiger partial charge on any atom is -0.374 e. The Morgan fingerprint density at radius 1 is 1.12 bits per heavy atom. The zero-order valence-electron chi connectivity index (χ0n) is 10.4.